The number of nitrogens with two attached hydrogens (primary N) is 1. The van der Waals surface area contributed by atoms with E-state index in [0.29, 0.717) is 25.0 Å². The predicted octanol–water partition coefficient (Wildman–Crippen LogP) is 1.92. The third-order valence-corrected chi connectivity index (χ3v) is 3.58. The molecule has 1 aliphatic heterocycles. The summed E-state index contributed by atoms with van der Waals surface area (Å²) in [5.74, 6) is 3.28. The van der Waals surface area contributed by atoms with E-state index in [2.05, 4.69) is 10.1 Å². The van der Waals surface area contributed by atoms with Crippen molar-refractivity contribution in [2.75, 3.05) is 6.61 Å². The molecule has 0 radical (unpaired) electrons. The minimum Gasteiger partial charge on any atom is -0.491 e. The summed E-state index contributed by atoms with van der Waals surface area (Å²) in [4.78, 5) is 4.32. The number of aromatic nitrogens is 2. The molecule has 1 saturated carbocycles. The van der Waals surface area contributed by atoms with Gasteiger partial charge in [-0.1, -0.05) is 5.16 Å². The maximum atomic E-state index is 5.90. The van der Waals surface area contributed by atoms with E-state index in [9.17, 15) is 0 Å². The molecule has 0 bridgehead atoms. The topological polar surface area (TPSA) is 83.4 Å². The average molecular weight is 273 g/mol. The molecule has 6 nitrogen and oxygen atoms in total. The van der Waals surface area contributed by atoms with E-state index < -0.39 is 0 Å². The van der Waals surface area contributed by atoms with Crippen LogP contribution < -0.4 is 15.2 Å². The first kappa shape index (κ1) is 11.7. The van der Waals surface area contributed by atoms with Gasteiger partial charge in [-0.3, -0.25) is 0 Å². The van der Waals surface area contributed by atoms with Crippen LogP contribution in [0.1, 0.15) is 42.1 Å². The SMILES string of the molecule is NC1COc2cc(OCc3noc(C4CC4)n3)ccc21. The van der Waals surface area contributed by atoms with Crippen molar-refractivity contribution in [3.05, 3.63) is 35.5 Å². The van der Waals surface area contributed by atoms with Crippen LogP contribution in [0.25, 0.3) is 0 Å². The molecule has 1 aromatic heterocycles. The highest BCUT2D eigenvalue weighted by atomic mass is 16.5. The number of nitrogens with zero attached hydrogens (tertiary/aromatic N) is 2. The van der Waals surface area contributed by atoms with Gasteiger partial charge in [0.25, 0.3) is 0 Å². The van der Waals surface area contributed by atoms with Crippen LogP contribution in [0, 0.1) is 0 Å². The van der Waals surface area contributed by atoms with Gasteiger partial charge in [0.1, 0.15) is 18.1 Å². The van der Waals surface area contributed by atoms with Crippen LogP contribution >= 0.6 is 0 Å². The molecule has 2 heterocycles. The second kappa shape index (κ2) is 4.49. The van der Waals surface area contributed by atoms with Crippen molar-refractivity contribution in [1.29, 1.82) is 0 Å². The minimum absolute atomic E-state index is 0.0441. The number of hydrogen-bond donors (Lipinski definition) is 1. The first-order valence-electron chi connectivity index (χ1n) is 6.77. The molecule has 1 unspecified atom stereocenters. The van der Waals surface area contributed by atoms with Gasteiger partial charge in [0.15, 0.2) is 6.61 Å². The summed E-state index contributed by atoms with van der Waals surface area (Å²) in [7, 11) is 0. The fourth-order valence-electron chi connectivity index (χ4n) is 2.28. The largest absolute Gasteiger partial charge is 0.491 e. The molecule has 0 amide bonds. The van der Waals surface area contributed by atoms with E-state index in [1.54, 1.807) is 0 Å². The van der Waals surface area contributed by atoms with E-state index in [0.717, 1.165) is 35.8 Å². The summed E-state index contributed by atoms with van der Waals surface area (Å²) < 4.78 is 16.3. The molecule has 104 valence electrons. The molecule has 1 fully saturated rings. The fourth-order valence-corrected chi connectivity index (χ4v) is 2.28. The van der Waals surface area contributed by atoms with Crippen molar-refractivity contribution >= 4 is 0 Å². The highest BCUT2D eigenvalue weighted by molar-refractivity contribution is 5.44. The standard InChI is InChI=1S/C14H15N3O3/c15-11-6-19-12-5-9(3-4-10(11)12)18-7-13-16-14(20-17-13)8-1-2-8/h3-5,8,11H,1-2,6-7,15H2. The van der Waals surface area contributed by atoms with Gasteiger partial charge in [-0.25, -0.2) is 0 Å². The van der Waals surface area contributed by atoms with Gasteiger partial charge >= 0.3 is 0 Å². The number of benzene rings is 1. The zero-order valence-electron chi connectivity index (χ0n) is 10.9. The van der Waals surface area contributed by atoms with Crippen LogP contribution in [-0.2, 0) is 6.61 Å². The Morgan fingerprint density at radius 2 is 2.25 bits per heavy atom. The lowest BCUT2D eigenvalue weighted by atomic mass is 10.1. The zero-order chi connectivity index (χ0) is 13.5. The van der Waals surface area contributed by atoms with Crippen molar-refractivity contribution in [3.8, 4) is 11.5 Å². The maximum Gasteiger partial charge on any atom is 0.229 e. The van der Waals surface area contributed by atoms with Crippen molar-refractivity contribution in [1.82, 2.24) is 10.1 Å². The van der Waals surface area contributed by atoms with E-state index in [1.807, 2.05) is 18.2 Å². The Kier molecular flexibility index (Phi) is 2.63. The Balaban J connectivity index is 1.43. The molecule has 1 atom stereocenters. The molecule has 0 spiro atoms. The first-order chi connectivity index (χ1) is 9.79. The lowest BCUT2D eigenvalue weighted by Gasteiger charge is -2.05. The Bertz CT molecular complexity index is 636. The van der Waals surface area contributed by atoms with Gasteiger partial charge in [0.05, 0.1) is 6.04 Å². The van der Waals surface area contributed by atoms with Crippen molar-refractivity contribution in [3.63, 3.8) is 0 Å². The summed E-state index contributed by atoms with van der Waals surface area (Å²) in [5.41, 5.74) is 6.92. The molecule has 2 aliphatic rings. The predicted molar refractivity (Wildman–Crippen MR) is 69.5 cm³/mol. The van der Waals surface area contributed by atoms with E-state index >= 15 is 0 Å². The Morgan fingerprint density at radius 3 is 3.10 bits per heavy atom. The van der Waals surface area contributed by atoms with Crippen molar-refractivity contribution in [2.24, 2.45) is 5.73 Å². The summed E-state index contributed by atoms with van der Waals surface area (Å²) in [6.45, 7) is 0.815. The minimum atomic E-state index is -0.0441. The second-order valence-electron chi connectivity index (χ2n) is 5.23. The Morgan fingerprint density at radius 1 is 1.35 bits per heavy atom. The quantitative estimate of drug-likeness (QED) is 0.916. The third-order valence-electron chi connectivity index (χ3n) is 3.58. The molecule has 2 aromatic rings. The monoisotopic (exact) mass is 273 g/mol. The van der Waals surface area contributed by atoms with Gasteiger partial charge in [-0.2, -0.15) is 4.98 Å². The number of ether oxygens (including phenoxy) is 2. The van der Waals surface area contributed by atoms with Gasteiger partial charge in [-0.05, 0) is 25.0 Å². The normalized spacial score (nSPS) is 20.6. The average Bonchev–Trinajstić information content (AvgIpc) is 3.10. The molecule has 1 aromatic carbocycles. The zero-order valence-corrected chi connectivity index (χ0v) is 10.9. The molecule has 1 aliphatic carbocycles. The third kappa shape index (κ3) is 2.12. The number of rotatable bonds is 4. The molecule has 0 saturated heterocycles. The second-order valence-corrected chi connectivity index (χ2v) is 5.23. The van der Waals surface area contributed by atoms with Gasteiger partial charge in [0.2, 0.25) is 11.7 Å². The van der Waals surface area contributed by atoms with Crippen LogP contribution in [0.2, 0.25) is 0 Å². The molecule has 6 heteroatoms. The van der Waals surface area contributed by atoms with E-state index in [4.69, 9.17) is 19.7 Å². The van der Waals surface area contributed by atoms with E-state index in [-0.39, 0.29) is 6.04 Å². The molecular weight excluding hydrogens is 258 g/mol. The lowest BCUT2D eigenvalue weighted by Crippen LogP contribution is -2.10. The molecule has 4 rings (SSSR count). The maximum absolute atomic E-state index is 5.90. The van der Waals surface area contributed by atoms with Crippen LogP contribution in [0.4, 0.5) is 0 Å². The highest BCUT2D eigenvalue weighted by Crippen LogP contribution is 2.39. The molecular formula is C14H15N3O3. The van der Waals surface area contributed by atoms with Crippen LogP contribution in [0.15, 0.2) is 22.7 Å². The van der Waals surface area contributed by atoms with E-state index in [1.165, 1.54) is 0 Å². The highest BCUT2D eigenvalue weighted by Gasteiger charge is 2.29. The van der Waals surface area contributed by atoms with Gasteiger partial charge in [-0.15, -0.1) is 0 Å². The first-order valence-corrected chi connectivity index (χ1v) is 6.77. The Labute approximate surface area is 115 Å². The summed E-state index contributed by atoms with van der Waals surface area (Å²) in [6.07, 6.45) is 2.29. The summed E-state index contributed by atoms with van der Waals surface area (Å²) in [6, 6.07) is 5.63. The van der Waals surface area contributed by atoms with Crippen molar-refractivity contribution in [2.45, 2.75) is 31.4 Å². The number of hydrogen-bond acceptors (Lipinski definition) is 6. The van der Waals surface area contributed by atoms with Gasteiger partial charge in [0, 0.05) is 17.5 Å². The summed E-state index contributed by atoms with van der Waals surface area (Å²) >= 11 is 0. The Hall–Kier alpha value is -2.08. The van der Waals surface area contributed by atoms with Crippen LogP contribution in [0.3, 0.4) is 0 Å². The fraction of sp³-hybridized carbons (Fsp3) is 0.429. The van der Waals surface area contributed by atoms with Crippen molar-refractivity contribution < 1.29 is 14.0 Å². The summed E-state index contributed by atoms with van der Waals surface area (Å²) in [5, 5.41) is 3.91. The number of fused-ring (bicyclic) bond motifs is 1. The smallest absolute Gasteiger partial charge is 0.229 e. The van der Waals surface area contributed by atoms with Crippen LogP contribution in [0.5, 0.6) is 11.5 Å². The van der Waals surface area contributed by atoms with Gasteiger partial charge < -0.3 is 19.7 Å². The van der Waals surface area contributed by atoms with Crippen LogP contribution in [-0.4, -0.2) is 16.7 Å². The molecule has 20 heavy (non-hydrogen) atoms. The molecule has 2 N–H and O–H groups in total. The lowest BCUT2D eigenvalue weighted by molar-refractivity contribution is 0.282.